The monoisotopic (exact) mass is 387 g/mol. The van der Waals surface area contributed by atoms with Crippen molar-refractivity contribution in [2.45, 2.75) is 24.9 Å². The highest BCUT2D eigenvalue weighted by atomic mass is 16.5. The molecule has 0 spiro atoms. The van der Waals surface area contributed by atoms with E-state index in [0.29, 0.717) is 5.92 Å². The largest absolute Gasteiger partial charge is 0.493 e. The molecule has 0 fully saturated rings. The predicted octanol–water partition coefficient (Wildman–Crippen LogP) is 5.48. The minimum atomic E-state index is 0.0334. The van der Waals surface area contributed by atoms with Crippen LogP contribution in [0, 0.1) is 0 Å². The van der Waals surface area contributed by atoms with Crippen LogP contribution in [0.1, 0.15) is 35.1 Å². The van der Waals surface area contributed by atoms with Gasteiger partial charge in [-0.2, -0.15) is 0 Å². The quantitative estimate of drug-likeness (QED) is 0.536. The lowest BCUT2D eigenvalue weighted by Crippen LogP contribution is -2.20. The SMILES string of the molecule is CN(C)CCC(Oc1ccc2c(c1)CC(c1ccccc1)CO2)c1ccccc1. The lowest BCUT2D eigenvalue weighted by atomic mass is 9.90. The Balaban J connectivity index is 1.53. The van der Waals surface area contributed by atoms with E-state index in [1.54, 1.807) is 0 Å². The van der Waals surface area contributed by atoms with Crippen molar-refractivity contribution in [3.8, 4) is 11.5 Å². The van der Waals surface area contributed by atoms with Gasteiger partial charge in [0.2, 0.25) is 0 Å². The molecule has 3 heteroatoms. The highest BCUT2D eigenvalue weighted by Gasteiger charge is 2.22. The van der Waals surface area contributed by atoms with Crippen LogP contribution >= 0.6 is 0 Å². The molecular formula is C26H29NO2. The third-order valence-electron chi connectivity index (χ3n) is 5.50. The minimum absolute atomic E-state index is 0.0334. The van der Waals surface area contributed by atoms with Crippen molar-refractivity contribution in [1.82, 2.24) is 4.90 Å². The van der Waals surface area contributed by atoms with Crippen LogP contribution in [0.25, 0.3) is 0 Å². The van der Waals surface area contributed by atoms with Gasteiger partial charge in [-0.15, -0.1) is 0 Å². The molecule has 3 aromatic rings. The van der Waals surface area contributed by atoms with E-state index in [-0.39, 0.29) is 6.10 Å². The van der Waals surface area contributed by atoms with Gasteiger partial charge in [0.25, 0.3) is 0 Å². The molecule has 2 atom stereocenters. The van der Waals surface area contributed by atoms with Gasteiger partial charge in [-0.25, -0.2) is 0 Å². The van der Waals surface area contributed by atoms with E-state index in [2.05, 4.69) is 85.7 Å². The van der Waals surface area contributed by atoms with Gasteiger partial charge in [0, 0.05) is 18.9 Å². The molecule has 0 N–H and O–H groups in total. The van der Waals surface area contributed by atoms with E-state index in [4.69, 9.17) is 9.47 Å². The van der Waals surface area contributed by atoms with Gasteiger partial charge in [-0.3, -0.25) is 0 Å². The molecule has 150 valence electrons. The first-order valence-electron chi connectivity index (χ1n) is 10.4. The van der Waals surface area contributed by atoms with Crippen molar-refractivity contribution in [2.75, 3.05) is 27.2 Å². The molecule has 0 aromatic heterocycles. The summed E-state index contributed by atoms with van der Waals surface area (Å²) in [5, 5.41) is 0. The van der Waals surface area contributed by atoms with Gasteiger partial charge < -0.3 is 14.4 Å². The summed E-state index contributed by atoms with van der Waals surface area (Å²) in [6.07, 6.45) is 1.95. The maximum Gasteiger partial charge on any atom is 0.125 e. The number of ether oxygens (including phenoxy) is 2. The van der Waals surface area contributed by atoms with Crippen molar-refractivity contribution in [3.05, 3.63) is 95.6 Å². The molecule has 0 amide bonds. The molecule has 3 nitrogen and oxygen atoms in total. The topological polar surface area (TPSA) is 21.7 Å². The maximum absolute atomic E-state index is 6.48. The number of rotatable bonds is 7. The number of hydrogen-bond donors (Lipinski definition) is 0. The zero-order valence-electron chi connectivity index (χ0n) is 17.3. The first kappa shape index (κ1) is 19.5. The Morgan fingerprint density at radius 3 is 2.41 bits per heavy atom. The van der Waals surface area contributed by atoms with Crippen LogP contribution in [-0.4, -0.2) is 32.1 Å². The standard InChI is InChI=1S/C26H29NO2/c1-27(2)16-15-26(21-11-7-4-8-12-21)29-24-13-14-25-22(18-24)17-23(19-28-25)20-9-5-3-6-10-20/h3-14,18,23,26H,15-17,19H2,1-2H3. The molecule has 0 aliphatic carbocycles. The average Bonchev–Trinajstić information content (AvgIpc) is 2.77. The Hall–Kier alpha value is -2.78. The summed E-state index contributed by atoms with van der Waals surface area (Å²) in [5.41, 5.74) is 3.77. The van der Waals surface area contributed by atoms with Gasteiger partial charge in [-0.1, -0.05) is 60.7 Å². The van der Waals surface area contributed by atoms with Gasteiger partial charge in [-0.05, 0) is 55.4 Å². The first-order chi connectivity index (χ1) is 14.2. The Morgan fingerprint density at radius 2 is 1.69 bits per heavy atom. The van der Waals surface area contributed by atoms with E-state index in [1.165, 1.54) is 16.7 Å². The molecule has 1 aliphatic rings. The van der Waals surface area contributed by atoms with Crippen LogP contribution in [0.4, 0.5) is 0 Å². The van der Waals surface area contributed by atoms with Crippen LogP contribution in [0.5, 0.6) is 11.5 Å². The van der Waals surface area contributed by atoms with Gasteiger partial charge >= 0.3 is 0 Å². The molecule has 2 unspecified atom stereocenters. The van der Waals surface area contributed by atoms with E-state index < -0.39 is 0 Å². The lowest BCUT2D eigenvalue weighted by Gasteiger charge is -2.27. The van der Waals surface area contributed by atoms with Crippen molar-refractivity contribution in [3.63, 3.8) is 0 Å². The van der Waals surface area contributed by atoms with E-state index in [1.807, 2.05) is 12.1 Å². The van der Waals surface area contributed by atoms with Crippen LogP contribution < -0.4 is 9.47 Å². The van der Waals surface area contributed by atoms with E-state index in [0.717, 1.165) is 37.5 Å². The minimum Gasteiger partial charge on any atom is -0.493 e. The smallest absolute Gasteiger partial charge is 0.125 e. The van der Waals surface area contributed by atoms with Crippen LogP contribution in [-0.2, 0) is 6.42 Å². The summed E-state index contributed by atoms with van der Waals surface area (Å²) in [6.45, 7) is 1.70. The molecule has 0 saturated carbocycles. The Morgan fingerprint density at radius 1 is 0.966 bits per heavy atom. The number of benzene rings is 3. The van der Waals surface area contributed by atoms with Gasteiger partial charge in [0.05, 0.1) is 6.61 Å². The fourth-order valence-electron chi connectivity index (χ4n) is 3.88. The van der Waals surface area contributed by atoms with Gasteiger partial charge in [0.1, 0.15) is 17.6 Å². The molecule has 3 aromatic carbocycles. The van der Waals surface area contributed by atoms with Crippen molar-refractivity contribution in [1.29, 1.82) is 0 Å². The molecule has 29 heavy (non-hydrogen) atoms. The zero-order valence-corrected chi connectivity index (χ0v) is 17.3. The highest BCUT2D eigenvalue weighted by molar-refractivity contribution is 5.43. The van der Waals surface area contributed by atoms with Crippen LogP contribution in [0.2, 0.25) is 0 Å². The van der Waals surface area contributed by atoms with Crippen molar-refractivity contribution in [2.24, 2.45) is 0 Å². The summed E-state index contributed by atoms with van der Waals surface area (Å²) < 4.78 is 12.5. The highest BCUT2D eigenvalue weighted by Crippen LogP contribution is 2.36. The molecule has 0 bridgehead atoms. The predicted molar refractivity (Wildman–Crippen MR) is 118 cm³/mol. The Bertz CT molecular complexity index is 909. The lowest BCUT2D eigenvalue weighted by molar-refractivity contribution is 0.178. The number of hydrogen-bond acceptors (Lipinski definition) is 3. The summed E-state index contributed by atoms with van der Waals surface area (Å²) in [7, 11) is 4.20. The summed E-state index contributed by atoms with van der Waals surface area (Å²) in [5.74, 6) is 2.28. The second-order valence-corrected chi connectivity index (χ2v) is 8.00. The zero-order chi connectivity index (χ0) is 20.1. The third kappa shape index (κ3) is 4.99. The first-order valence-corrected chi connectivity index (χ1v) is 10.4. The molecule has 0 saturated heterocycles. The third-order valence-corrected chi connectivity index (χ3v) is 5.50. The summed E-state index contributed by atoms with van der Waals surface area (Å²) in [6, 6.07) is 27.4. The Kier molecular flexibility index (Phi) is 6.16. The van der Waals surface area contributed by atoms with Crippen molar-refractivity contribution >= 4 is 0 Å². The second-order valence-electron chi connectivity index (χ2n) is 8.00. The molecular weight excluding hydrogens is 358 g/mol. The van der Waals surface area contributed by atoms with Crippen molar-refractivity contribution < 1.29 is 9.47 Å². The van der Waals surface area contributed by atoms with Crippen LogP contribution in [0.3, 0.4) is 0 Å². The normalized spacial score (nSPS) is 16.7. The maximum atomic E-state index is 6.48. The average molecular weight is 388 g/mol. The molecule has 0 radical (unpaired) electrons. The second kappa shape index (κ2) is 9.15. The molecule has 1 aliphatic heterocycles. The molecule has 1 heterocycles. The van der Waals surface area contributed by atoms with Crippen LogP contribution in [0.15, 0.2) is 78.9 Å². The van der Waals surface area contributed by atoms with E-state index in [9.17, 15) is 0 Å². The fraction of sp³-hybridized carbons (Fsp3) is 0.308. The summed E-state index contributed by atoms with van der Waals surface area (Å²) in [4.78, 5) is 2.20. The number of fused-ring (bicyclic) bond motifs is 1. The number of nitrogens with zero attached hydrogens (tertiary/aromatic N) is 1. The van der Waals surface area contributed by atoms with E-state index >= 15 is 0 Å². The van der Waals surface area contributed by atoms with Gasteiger partial charge in [0.15, 0.2) is 0 Å². The fourth-order valence-corrected chi connectivity index (χ4v) is 3.88. The molecule has 4 rings (SSSR count). The summed E-state index contributed by atoms with van der Waals surface area (Å²) >= 11 is 0. The Labute approximate surface area is 173 Å².